The van der Waals surface area contributed by atoms with Crippen LogP contribution in [0.1, 0.15) is 50.4 Å². The van der Waals surface area contributed by atoms with Crippen molar-refractivity contribution in [2.45, 2.75) is 56.5 Å². The normalized spacial score (nSPS) is 22.3. The molecule has 3 heterocycles. The van der Waals surface area contributed by atoms with Gasteiger partial charge in [0.15, 0.2) is 17.3 Å². The second-order valence-corrected chi connectivity index (χ2v) is 11.5. The van der Waals surface area contributed by atoms with Crippen molar-refractivity contribution in [2.24, 2.45) is 13.0 Å². The Morgan fingerprint density at radius 2 is 1.94 bits per heavy atom. The summed E-state index contributed by atoms with van der Waals surface area (Å²) >= 11 is 1.77. The van der Waals surface area contributed by atoms with Crippen LogP contribution in [-0.2, 0) is 17.9 Å². The maximum atomic E-state index is 5.47. The van der Waals surface area contributed by atoms with Gasteiger partial charge in [0.25, 0.3) is 0 Å². The van der Waals surface area contributed by atoms with Crippen LogP contribution in [0.4, 0.5) is 0 Å². The molecule has 1 saturated heterocycles. The maximum Gasteiger partial charge on any atom is 0.202 e. The van der Waals surface area contributed by atoms with Crippen LogP contribution in [0, 0.1) is 12.8 Å². The Balaban J connectivity index is 0.00000259. The third-order valence-corrected chi connectivity index (χ3v) is 8.28. The van der Waals surface area contributed by atoms with Crippen molar-refractivity contribution >= 4 is 24.2 Å². The molecule has 8 heteroatoms. The zero-order valence-electron chi connectivity index (χ0n) is 20.2. The van der Waals surface area contributed by atoms with Crippen molar-refractivity contribution in [2.75, 3.05) is 25.4 Å². The fraction of sp³-hybridized carbons (Fsp3) is 0.560. The Morgan fingerprint density at radius 1 is 1.18 bits per heavy atom. The van der Waals surface area contributed by atoms with Gasteiger partial charge in [-0.15, -0.1) is 22.6 Å². The molecule has 2 fully saturated rings. The first-order valence-corrected chi connectivity index (χ1v) is 12.5. The second-order valence-electron chi connectivity index (χ2n) is 10.5. The molecule has 1 aliphatic carbocycles. The highest BCUT2D eigenvalue weighted by Gasteiger charge is 2.60. The molecule has 1 aliphatic heterocycles. The van der Waals surface area contributed by atoms with Crippen LogP contribution in [0.2, 0.25) is 0 Å². The van der Waals surface area contributed by atoms with Gasteiger partial charge in [-0.1, -0.05) is 56.8 Å². The minimum absolute atomic E-state index is 0. The van der Waals surface area contributed by atoms with Crippen molar-refractivity contribution in [1.82, 2.24) is 24.6 Å². The van der Waals surface area contributed by atoms with Gasteiger partial charge < -0.3 is 13.9 Å². The fourth-order valence-electron chi connectivity index (χ4n) is 5.11. The summed E-state index contributed by atoms with van der Waals surface area (Å²) in [6.45, 7) is 12.4. The Bertz CT molecular complexity index is 1100. The Labute approximate surface area is 207 Å². The van der Waals surface area contributed by atoms with Gasteiger partial charge >= 0.3 is 0 Å². The Kier molecular flexibility index (Phi) is 6.69. The molecule has 2 atom stereocenters. The van der Waals surface area contributed by atoms with Crippen LogP contribution in [-0.4, -0.2) is 50.0 Å². The highest BCUT2D eigenvalue weighted by molar-refractivity contribution is 7.99. The molecule has 178 valence electrons. The van der Waals surface area contributed by atoms with E-state index in [0.29, 0.717) is 11.2 Å². The van der Waals surface area contributed by atoms with E-state index in [2.05, 4.69) is 65.1 Å². The van der Waals surface area contributed by atoms with Crippen molar-refractivity contribution in [1.29, 1.82) is 0 Å². The number of fused-ring (bicyclic) bond motifs is 1. The SMILES string of the molecule is Cc1ncoc1-c1nnc(SCCCN2C[C@@H]3C[C@]3(c3ccc(C(C)(C)C)cc3)C2)n1C.Cl. The average molecular weight is 488 g/mol. The molecular weight excluding hydrogens is 454 g/mol. The van der Waals surface area contributed by atoms with E-state index < -0.39 is 0 Å². The van der Waals surface area contributed by atoms with E-state index in [4.69, 9.17) is 4.42 Å². The lowest BCUT2D eigenvalue weighted by Crippen LogP contribution is -2.28. The zero-order valence-corrected chi connectivity index (χ0v) is 21.8. The molecule has 0 N–H and O–H groups in total. The van der Waals surface area contributed by atoms with Crippen LogP contribution in [0.5, 0.6) is 0 Å². The van der Waals surface area contributed by atoms with E-state index in [1.165, 1.54) is 31.5 Å². The third-order valence-electron chi connectivity index (χ3n) is 7.18. The van der Waals surface area contributed by atoms with E-state index in [1.807, 2.05) is 18.5 Å². The number of aromatic nitrogens is 4. The number of thioether (sulfide) groups is 1. The van der Waals surface area contributed by atoms with Crippen LogP contribution in [0.25, 0.3) is 11.6 Å². The molecule has 0 unspecified atom stereocenters. The van der Waals surface area contributed by atoms with Gasteiger partial charge in [-0.05, 0) is 48.8 Å². The molecule has 1 aromatic carbocycles. The molecule has 0 radical (unpaired) electrons. The number of nitrogens with zero attached hydrogens (tertiary/aromatic N) is 5. The Hall–Kier alpha value is -1.83. The van der Waals surface area contributed by atoms with E-state index in [-0.39, 0.29) is 17.8 Å². The Morgan fingerprint density at radius 3 is 2.61 bits per heavy atom. The predicted octanol–water partition coefficient (Wildman–Crippen LogP) is 5.25. The number of hydrogen-bond acceptors (Lipinski definition) is 6. The minimum atomic E-state index is 0. The molecule has 3 aromatic rings. The van der Waals surface area contributed by atoms with Crippen LogP contribution in [0.15, 0.2) is 40.2 Å². The van der Waals surface area contributed by atoms with Crippen molar-refractivity contribution in [3.05, 3.63) is 47.5 Å². The van der Waals surface area contributed by atoms with E-state index >= 15 is 0 Å². The molecule has 33 heavy (non-hydrogen) atoms. The number of benzene rings is 1. The summed E-state index contributed by atoms with van der Waals surface area (Å²) in [5.41, 5.74) is 4.44. The number of rotatable bonds is 7. The smallest absolute Gasteiger partial charge is 0.202 e. The molecule has 5 rings (SSSR count). The highest BCUT2D eigenvalue weighted by Crippen LogP contribution is 2.59. The summed E-state index contributed by atoms with van der Waals surface area (Å²) in [7, 11) is 1.99. The third kappa shape index (κ3) is 4.60. The minimum Gasteiger partial charge on any atom is -0.440 e. The number of oxazole rings is 1. The first-order valence-electron chi connectivity index (χ1n) is 11.5. The molecule has 2 aliphatic rings. The van der Waals surface area contributed by atoms with Gasteiger partial charge in [0.05, 0.1) is 5.69 Å². The largest absolute Gasteiger partial charge is 0.440 e. The predicted molar refractivity (Wildman–Crippen MR) is 135 cm³/mol. The quantitative estimate of drug-likeness (QED) is 0.335. The van der Waals surface area contributed by atoms with Gasteiger partial charge in [0, 0.05) is 31.3 Å². The second kappa shape index (κ2) is 9.08. The van der Waals surface area contributed by atoms with Crippen LogP contribution in [0.3, 0.4) is 0 Å². The van der Waals surface area contributed by atoms with Crippen molar-refractivity contribution in [3.63, 3.8) is 0 Å². The molecule has 0 amide bonds. The molecule has 1 saturated carbocycles. The summed E-state index contributed by atoms with van der Waals surface area (Å²) in [5.74, 6) is 3.31. The molecule has 6 nitrogen and oxygen atoms in total. The topological polar surface area (TPSA) is 60.0 Å². The monoisotopic (exact) mass is 487 g/mol. The maximum absolute atomic E-state index is 5.47. The number of likely N-dealkylation sites (tertiary alicyclic amines) is 1. The van der Waals surface area contributed by atoms with Gasteiger partial charge in [-0.25, -0.2) is 4.98 Å². The van der Waals surface area contributed by atoms with Crippen molar-refractivity contribution < 1.29 is 4.42 Å². The van der Waals surface area contributed by atoms with Crippen molar-refractivity contribution in [3.8, 4) is 11.6 Å². The number of hydrogen-bond donors (Lipinski definition) is 0. The zero-order chi connectivity index (χ0) is 22.5. The highest BCUT2D eigenvalue weighted by atomic mass is 35.5. The van der Waals surface area contributed by atoms with Crippen LogP contribution < -0.4 is 0 Å². The molecule has 0 spiro atoms. The molecular formula is C25H34ClN5OS. The number of halogens is 1. The van der Waals surface area contributed by atoms with Gasteiger partial charge in [-0.3, -0.25) is 0 Å². The summed E-state index contributed by atoms with van der Waals surface area (Å²) in [6.07, 6.45) is 3.97. The summed E-state index contributed by atoms with van der Waals surface area (Å²) in [4.78, 5) is 6.81. The van der Waals surface area contributed by atoms with E-state index in [9.17, 15) is 0 Å². The van der Waals surface area contributed by atoms with Crippen LogP contribution >= 0.6 is 24.2 Å². The summed E-state index contributed by atoms with van der Waals surface area (Å²) < 4.78 is 7.47. The van der Waals surface area contributed by atoms with Gasteiger partial charge in [-0.2, -0.15) is 0 Å². The molecule has 0 bridgehead atoms. The number of aryl methyl sites for hydroxylation is 1. The summed E-state index contributed by atoms with van der Waals surface area (Å²) in [5, 5.41) is 9.58. The first kappa shape index (κ1) is 24.3. The lowest BCUT2D eigenvalue weighted by atomic mass is 9.85. The lowest BCUT2D eigenvalue weighted by molar-refractivity contribution is 0.299. The van der Waals surface area contributed by atoms with E-state index in [0.717, 1.165) is 41.3 Å². The summed E-state index contributed by atoms with van der Waals surface area (Å²) in [6, 6.07) is 9.46. The lowest BCUT2D eigenvalue weighted by Gasteiger charge is -2.23. The average Bonchev–Trinajstić information content (AvgIpc) is 3.05. The van der Waals surface area contributed by atoms with E-state index in [1.54, 1.807) is 17.3 Å². The first-order chi connectivity index (χ1) is 15.3. The molecule has 2 aromatic heterocycles. The van der Waals surface area contributed by atoms with Gasteiger partial charge in [0.1, 0.15) is 0 Å². The fourth-order valence-corrected chi connectivity index (χ4v) is 5.95. The standard InChI is InChI=1S/C25H33N5OS.ClH/c1-17-21(31-16-26-17)22-27-28-23(29(22)5)32-12-6-11-30-14-20-13-25(20,15-30)19-9-7-18(8-10-19)24(2,3)4;/h7-10,16,20H,6,11-15H2,1-5H3;1H/t20-,25+;/m0./s1. The van der Waals surface area contributed by atoms with Gasteiger partial charge in [0.2, 0.25) is 5.82 Å². The number of piperidine rings is 1.